The maximum Gasteiger partial charge on any atom is 0.256 e. The van der Waals surface area contributed by atoms with Crippen LogP contribution >= 0.6 is 11.3 Å². The van der Waals surface area contributed by atoms with Crippen LogP contribution in [0.15, 0.2) is 39.9 Å². The van der Waals surface area contributed by atoms with E-state index in [0.29, 0.717) is 43.1 Å². The Labute approximate surface area is 145 Å². The summed E-state index contributed by atoms with van der Waals surface area (Å²) in [7, 11) is -3.60. The Bertz CT molecular complexity index is 826. The third kappa shape index (κ3) is 3.51. The molecule has 6 nitrogen and oxygen atoms in total. The fourth-order valence-electron chi connectivity index (χ4n) is 2.48. The van der Waals surface area contributed by atoms with Gasteiger partial charge in [-0.05, 0) is 36.1 Å². The first-order chi connectivity index (χ1) is 11.5. The van der Waals surface area contributed by atoms with E-state index >= 15 is 0 Å². The number of benzene rings is 1. The van der Waals surface area contributed by atoms with Crippen molar-refractivity contribution in [1.29, 1.82) is 0 Å². The number of hydrogen-bond donors (Lipinski definition) is 1. The Morgan fingerprint density at radius 3 is 2.67 bits per heavy atom. The molecule has 128 valence electrons. The molecule has 0 atom stereocenters. The molecule has 2 heterocycles. The number of nitrogens with one attached hydrogen (secondary N) is 1. The van der Waals surface area contributed by atoms with Crippen LogP contribution in [0.4, 0.5) is 5.69 Å². The zero-order valence-electron chi connectivity index (χ0n) is 13.2. The van der Waals surface area contributed by atoms with Gasteiger partial charge in [0, 0.05) is 24.2 Å². The van der Waals surface area contributed by atoms with Crippen molar-refractivity contribution in [3.8, 4) is 0 Å². The maximum absolute atomic E-state index is 12.8. The van der Waals surface area contributed by atoms with E-state index in [4.69, 9.17) is 4.74 Å². The second kappa shape index (κ2) is 7.02. The Morgan fingerprint density at radius 2 is 2.00 bits per heavy atom. The Morgan fingerprint density at radius 1 is 1.25 bits per heavy atom. The highest BCUT2D eigenvalue weighted by molar-refractivity contribution is 7.89. The fraction of sp³-hybridized carbons (Fsp3) is 0.312. The van der Waals surface area contributed by atoms with Crippen molar-refractivity contribution < 1.29 is 17.9 Å². The van der Waals surface area contributed by atoms with E-state index < -0.39 is 10.0 Å². The predicted octanol–water partition coefficient (Wildman–Crippen LogP) is 2.33. The summed E-state index contributed by atoms with van der Waals surface area (Å²) in [6, 6.07) is 6.65. The molecule has 0 bridgehead atoms. The predicted molar refractivity (Wildman–Crippen MR) is 93.0 cm³/mol. The quantitative estimate of drug-likeness (QED) is 0.901. The van der Waals surface area contributed by atoms with Crippen LogP contribution in [0.25, 0.3) is 0 Å². The molecule has 24 heavy (non-hydrogen) atoms. The van der Waals surface area contributed by atoms with Gasteiger partial charge in [-0.15, -0.1) is 0 Å². The number of aryl methyl sites for hydroxylation is 1. The van der Waals surface area contributed by atoms with Crippen LogP contribution in [0.3, 0.4) is 0 Å². The van der Waals surface area contributed by atoms with Crippen LogP contribution in [0.2, 0.25) is 0 Å². The summed E-state index contributed by atoms with van der Waals surface area (Å²) in [5.74, 6) is -0.255. The molecule has 2 aromatic rings. The summed E-state index contributed by atoms with van der Waals surface area (Å²) in [5, 5.41) is 6.31. The number of morpholine rings is 1. The molecular formula is C16H18N2O4S2. The minimum absolute atomic E-state index is 0.215. The van der Waals surface area contributed by atoms with Gasteiger partial charge in [-0.2, -0.15) is 15.6 Å². The Balaban J connectivity index is 1.87. The number of hydrogen-bond acceptors (Lipinski definition) is 5. The van der Waals surface area contributed by atoms with Gasteiger partial charge in [0.25, 0.3) is 5.91 Å². The monoisotopic (exact) mass is 366 g/mol. The lowest BCUT2D eigenvalue weighted by Crippen LogP contribution is -2.40. The minimum atomic E-state index is -3.60. The summed E-state index contributed by atoms with van der Waals surface area (Å²) in [6.07, 6.45) is 0. The number of ether oxygens (including phenoxy) is 1. The lowest BCUT2D eigenvalue weighted by molar-refractivity contribution is 0.0730. The number of thiophene rings is 1. The average Bonchev–Trinajstić information content (AvgIpc) is 3.12. The van der Waals surface area contributed by atoms with Crippen molar-refractivity contribution in [3.63, 3.8) is 0 Å². The molecule has 1 fully saturated rings. The van der Waals surface area contributed by atoms with Crippen LogP contribution in [0.1, 0.15) is 15.9 Å². The molecule has 1 amide bonds. The fourth-order valence-corrected chi connectivity index (χ4v) is 4.77. The van der Waals surface area contributed by atoms with Crippen molar-refractivity contribution in [2.75, 3.05) is 31.6 Å². The number of carbonyl (C=O) groups is 1. The van der Waals surface area contributed by atoms with E-state index in [2.05, 4.69) is 5.32 Å². The first-order valence-electron chi connectivity index (χ1n) is 7.50. The topological polar surface area (TPSA) is 75.7 Å². The molecule has 0 aliphatic carbocycles. The van der Waals surface area contributed by atoms with E-state index in [1.165, 1.54) is 21.7 Å². The van der Waals surface area contributed by atoms with Gasteiger partial charge >= 0.3 is 0 Å². The van der Waals surface area contributed by atoms with Crippen LogP contribution in [-0.4, -0.2) is 44.9 Å². The SMILES string of the molecule is Cc1ccc(NC(=O)c2ccsc2)cc1S(=O)(=O)N1CCOCC1. The molecule has 0 spiro atoms. The second-order valence-corrected chi connectivity index (χ2v) is 8.15. The number of sulfonamides is 1. The highest BCUT2D eigenvalue weighted by atomic mass is 32.2. The van der Waals surface area contributed by atoms with Crippen molar-refractivity contribution in [3.05, 3.63) is 46.2 Å². The number of anilines is 1. The highest BCUT2D eigenvalue weighted by Gasteiger charge is 2.28. The average molecular weight is 366 g/mol. The molecule has 0 unspecified atom stereocenters. The second-order valence-electron chi connectivity index (χ2n) is 5.46. The van der Waals surface area contributed by atoms with Gasteiger partial charge in [0.05, 0.1) is 23.7 Å². The molecule has 1 aliphatic heterocycles. The standard InChI is InChI=1S/C16H18N2O4S2/c1-12-2-3-14(17-16(19)13-4-9-23-11-13)10-15(12)24(20,21)18-5-7-22-8-6-18/h2-4,9-11H,5-8H2,1H3,(H,17,19). The van der Waals surface area contributed by atoms with E-state index in [9.17, 15) is 13.2 Å². The number of amides is 1. The van der Waals surface area contributed by atoms with Crippen molar-refractivity contribution in [2.24, 2.45) is 0 Å². The summed E-state index contributed by atoms with van der Waals surface area (Å²) in [4.78, 5) is 12.4. The molecule has 1 aliphatic rings. The van der Waals surface area contributed by atoms with Crippen molar-refractivity contribution in [1.82, 2.24) is 4.31 Å². The number of rotatable bonds is 4. The van der Waals surface area contributed by atoms with E-state index in [1.807, 2.05) is 5.38 Å². The molecule has 1 saturated heterocycles. The first kappa shape index (κ1) is 17.1. The molecule has 8 heteroatoms. The third-order valence-corrected chi connectivity index (χ3v) is 6.54. The van der Waals surface area contributed by atoms with Crippen LogP contribution in [0, 0.1) is 6.92 Å². The molecule has 1 aromatic heterocycles. The van der Waals surface area contributed by atoms with Crippen molar-refractivity contribution >= 4 is 33.0 Å². The summed E-state index contributed by atoms with van der Waals surface area (Å²) in [5.41, 5.74) is 1.66. The number of nitrogens with zero attached hydrogens (tertiary/aromatic N) is 1. The lowest BCUT2D eigenvalue weighted by Gasteiger charge is -2.26. The van der Waals surface area contributed by atoms with Gasteiger partial charge in [0.15, 0.2) is 0 Å². The lowest BCUT2D eigenvalue weighted by atomic mass is 10.2. The highest BCUT2D eigenvalue weighted by Crippen LogP contribution is 2.24. The molecule has 3 rings (SSSR count). The van der Waals surface area contributed by atoms with E-state index in [1.54, 1.807) is 30.5 Å². The van der Waals surface area contributed by atoms with Crippen LogP contribution in [-0.2, 0) is 14.8 Å². The summed E-state index contributed by atoms with van der Waals surface area (Å²) >= 11 is 1.43. The van der Waals surface area contributed by atoms with Gasteiger partial charge in [-0.25, -0.2) is 8.42 Å². The Kier molecular flexibility index (Phi) is 5.00. The van der Waals surface area contributed by atoms with Crippen LogP contribution < -0.4 is 5.32 Å². The molecule has 1 N–H and O–H groups in total. The zero-order valence-corrected chi connectivity index (χ0v) is 14.8. The third-order valence-electron chi connectivity index (χ3n) is 3.82. The normalized spacial score (nSPS) is 16.0. The molecule has 1 aromatic carbocycles. The first-order valence-corrected chi connectivity index (χ1v) is 9.89. The van der Waals surface area contributed by atoms with E-state index in [-0.39, 0.29) is 10.8 Å². The van der Waals surface area contributed by atoms with Gasteiger partial charge in [-0.3, -0.25) is 4.79 Å². The smallest absolute Gasteiger partial charge is 0.256 e. The van der Waals surface area contributed by atoms with Crippen LogP contribution in [0.5, 0.6) is 0 Å². The van der Waals surface area contributed by atoms with Gasteiger partial charge in [-0.1, -0.05) is 6.07 Å². The maximum atomic E-state index is 12.8. The largest absolute Gasteiger partial charge is 0.379 e. The number of carbonyl (C=O) groups excluding carboxylic acids is 1. The summed E-state index contributed by atoms with van der Waals surface area (Å²) in [6.45, 7) is 3.22. The van der Waals surface area contributed by atoms with Crippen molar-refractivity contribution in [2.45, 2.75) is 11.8 Å². The Hall–Kier alpha value is -1.74. The van der Waals surface area contributed by atoms with Gasteiger partial charge in [0.2, 0.25) is 10.0 Å². The zero-order chi connectivity index (χ0) is 17.2. The van der Waals surface area contributed by atoms with Gasteiger partial charge in [0.1, 0.15) is 0 Å². The molecule has 0 saturated carbocycles. The minimum Gasteiger partial charge on any atom is -0.379 e. The summed E-state index contributed by atoms with van der Waals surface area (Å²) < 4.78 is 32.3. The molecule has 0 radical (unpaired) electrons. The van der Waals surface area contributed by atoms with E-state index in [0.717, 1.165) is 0 Å². The van der Waals surface area contributed by atoms with Gasteiger partial charge < -0.3 is 10.1 Å². The molecular weight excluding hydrogens is 348 g/mol.